The number of hydrogen-bond donors (Lipinski definition) is 1. The van der Waals surface area contributed by atoms with Gasteiger partial charge in [-0.25, -0.2) is 0 Å². The molecule has 19 heavy (non-hydrogen) atoms. The van der Waals surface area contributed by atoms with Crippen molar-refractivity contribution in [2.45, 2.75) is 39.2 Å². The Balaban J connectivity index is 1.81. The van der Waals surface area contributed by atoms with Crippen molar-refractivity contribution in [3.8, 4) is 0 Å². The third-order valence-electron chi connectivity index (χ3n) is 4.76. The molecule has 0 bridgehead atoms. The molecular weight excluding hydrogens is 232 g/mol. The monoisotopic (exact) mass is 258 g/mol. The molecule has 0 unspecified atom stereocenters. The number of nitrogens with zero attached hydrogens (tertiary/aromatic N) is 1. The minimum absolute atomic E-state index is 0.647. The highest BCUT2D eigenvalue weighted by atomic mass is 15.2. The van der Waals surface area contributed by atoms with Crippen LogP contribution >= 0.6 is 0 Å². The molecule has 1 aliphatic heterocycles. The molecule has 1 atom stereocenters. The van der Waals surface area contributed by atoms with Crippen LogP contribution in [0.4, 0.5) is 0 Å². The van der Waals surface area contributed by atoms with E-state index < -0.39 is 0 Å². The third kappa shape index (κ3) is 3.18. The Morgan fingerprint density at radius 3 is 2.53 bits per heavy atom. The minimum atomic E-state index is 0.647. The Hall–Kier alpha value is -0.860. The molecule has 1 aromatic carbocycles. The molecule has 104 valence electrons. The van der Waals surface area contributed by atoms with Gasteiger partial charge in [0.25, 0.3) is 0 Å². The van der Waals surface area contributed by atoms with Crippen LogP contribution in [0.1, 0.15) is 42.0 Å². The summed E-state index contributed by atoms with van der Waals surface area (Å²) in [7, 11) is 0. The molecule has 0 spiro atoms. The normalized spacial score (nSPS) is 22.4. The van der Waals surface area contributed by atoms with Gasteiger partial charge in [0.05, 0.1) is 0 Å². The average molecular weight is 258 g/mol. The number of rotatable bonds is 4. The lowest BCUT2D eigenvalue weighted by molar-refractivity contribution is 0.160. The van der Waals surface area contributed by atoms with Crippen molar-refractivity contribution < 1.29 is 0 Å². The Bertz CT molecular complexity index is 431. The molecule has 0 amide bonds. The van der Waals surface area contributed by atoms with Crippen molar-refractivity contribution in [2.24, 2.45) is 5.92 Å². The maximum Gasteiger partial charge on any atom is 0.0351 e. The second-order valence-electron chi connectivity index (χ2n) is 6.32. The Morgan fingerprint density at radius 1 is 1.16 bits per heavy atom. The lowest BCUT2D eigenvalue weighted by atomic mass is 9.95. The van der Waals surface area contributed by atoms with Crippen molar-refractivity contribution in [3.05, 3.63) is 34.9 Å². The summed E-state index contributed by atoms with van der Waals surface area (Å²) >= 11 is 0. The summed E-state index contributed by atoms with van der Waals surface area (Å²) in [6, 6.07) is 7.73. The summed E-state index contributed by atoms with van der Waals surface area (Å²) in [5.74, 6) is 0.987. The summed E-state index contributed by atoms with van der Waals surface area (Å²) in [5.41, 5.74) is 4.39. The smallest absolute Gasteiger partial charge is 0.0351 e. The number of piperazine rings is 1. The van der Waals surface area contributed by atoms with E-state index in [4.69, 9.17) is 0 Å². The van der Waals surface area contributed by atoms with Gasteiger partial charge in [-0.05, 0) is 42.9 Å². The van der Waals surface area contributed by atoms with Crippen LogP contribution < -0.4 is 5.32 Å². The number of nitrogens with one attached hydrogen (secondary N) is 1. The summed E-state index contributed by atoms with van der Waals surface area (Å²) in [6.07, 6.45) is 4.27. The highest BCUT2D eigenvalue weighted by Gasteiger charge is 2.30. The van der Waals surface area contributed by atoms with Crippen LogP contribution in [-0.2, 0) is 0 Å². The lowest BCUT2D eigenvalue weighted by Crippen LogP contribution is -2.45. The molecule has 1 N–H and O–H groups in total. The fourth-order valence-electron chi connectivity index (χ4n) is 3.13. The molecule has 3 rings (SSSR count). The molecule has 2 nitrogen and oxygen atoms in total. The maximum absolute atomic E-state index is 3.47. The summed E-state index contributed by atoms with van der Waals surface area (Å²) < 4.78 is 0. The van der Waals surface area contributed by atoms with Crippen molar-refractivity contribution >= 4 is 0 Å². The largest absolute Gasteiger partial charge is 0.314 e. The van der Waals surface area contributed by atoms with E-state index in [9.17, 15) is 0 Å². The number of aryl methyl sites for hydroxylation is 2. The van der Waals surface area contributed by atoms with Gasteiger partial charge in [-0.1, -0.05) is 31.0 Å². The highest BCUT2D eigenvalue weighted by Crippen LogP contribution is 2.40. The maximum atomic E-state index is 3.47. The molecular formula is C17H26N2. The molecule has 1 aliphatic carbocycles. The summed E-state index contributed by atoms with van der Waals surface area (Å²) in [5, 5.41) is 3.47. The second-order valence-corrected chi connectivity index (χ2v) is 6.32. The molecule has 2 fully saturated rings. The standard InChI is InChI=1S/C17H26N2/c1-13-3-6-16(11-14(13)2)17(12-15-4-5-15)19-9-7-18-8-10-19/h3,6,11,15,17-18H,4-5,7-10,12H2,1-2H3/t17-/m0/s1. The molecule has 0 aromatic heterocycles. The molecule has 1 saturated heterocycles. The van der Waals surface area contributed by atoms with Gasteiger partial charge in [0, 0.05) is 32.2 Å². The van der Waals surface area contributed by atoms with Gasteiger partial charge >= 0.3 is 0 Å². The fraction of sp³-hybridized carbons (Fsp3) is 0.647. The highest BCUT2D eigenvalue weighted by molar-refractivity contribution is 5.32. The van der Waals surface area contributed by atoms with Gasteiger partial charge < -0.3 is 5.32 Å². The van der Waals surface area contributed by atoms with E-state index in [0.29, 0.717) is 6.04 Å². The van der Waals surface area contributed by atoms with Gasteiger partial charge in [0.15, 0.2) is 0 Å². The van der Waals surface area contributed by atoms with Crippen LogP contribution in [0, 0.1) is 19.8 Å². The van der Waals surface area contributed by atoms with E-state index >= 15 is 0 Å². The van der Waals surface area contributed by atoms with E-state index in [-0.39, 0.29) is 0 Å². The van der Waals surface area contributed by atoms with Crippen molar-refractivity contribution in [3.63, 3.8) is 0 Å². The van der Waals surface area contributed by atoms with Gasteiger partial charge in [-0.3, -0.25) is 4.90 Å². The van der Waals surface area contributed by atoms with E-state index in [2.05, 4.69) is 42.3 Å². The van der Waals surface area contributed by atoms with Crippen LogP contribution in [0.5, 0.6) is 0 Å². The van der Waals surface area contributed by atoms with E-state index in [1.54, 1.807) is 0 Å². The zero-order chi connectivity index (χ0) is 13.2. The van der Waals surface area contributed by atoms with E-state index in [1.807, 2.05) is 0 Å². The predicted octanol–water partition coefficient (Wildman–Crippen LogP) is 3.05. The summed E-state index contributed by atoms with van der Waals surface area (Å²) in [6.45, 7) is 9.14. The average Bonchev–Trinajstić information content (AvgIpc) is 3.24. The SMILES string of the molecule is Cc1ccc([C@H](CC2CC2)N2CCNCC2)cc1C. The van der Waals surface area contributed by atoms with Crippen LogP contribution in [-0.4, -0.2) is 31.1 Å². The first-order valence-corrected chi connectivity index (χ1v) is 7.76. The molecule has 1 saturated carbocycles. The summed E-state index contributed by atoms with van der Waals surface area (Å²) in [4.78, 5) is 2.69. The molecule has 1 aromatic rings. The number of benzene rings is 1. The minimum Gasteiger partial charge on any atom is -0.314 e. The van der Waals surface area contributed by atoms with Crippen LogP contribution in [0.2, 0.25) is 0 Å². The molecule has 2 aliphatic rings. The first kappa shape index (κ1) is 13.1. The molecule has 1 heterocycles. The first-order valence-electron chi connectivity index (χ1n) is 7.76. The van der Waals surface area contributed by atoms with Crippen LogP contribution in [0.3, 0.4) is 0 Å². The van der Waals surface area contributed by atoms with Crippen molar-refractivity contribution in [1.29, 1.82) is 0 Å². The van der Waals surface area contributed by atoms with Gasteiger partial charge in [0.2, 0.25) is 0 Å². The number of hydrogen-bond acceptors (Lipinski definition) is 2. The van der Waals surface area contributed by atoms with E-state index in [0.717, 1.165) is 19.0 Å². The van der Waals surface area contributed by atoms with Crippen molar-refractivity contribution in [1.82, 2.24) is 10.2 Å². The molecule has 0 radical (unpaired) electrons. The second kappa shape index (κ2) is 5.64. The van der Waals surface area contributed by atoms with Crippen LogP contribution in [0.15, 0.2) is 18.2 Å². The zero-order valence-corrected chi connectivity index (χ0v) is 12.3. The van der Waals surface area contributed by atoms with Crippen LogP contribution in [0.25, 0.3) is 0 Å². The first-order chi connectivity index (χ1) is 9.24. The van der Waals surface area contributed by atoms with Crippen molar-refractivity contribution in [2.75, 3.05) is 26.2 Å². The van der Waals surface area contributed by atoms with Gasteiger partial charge in [0.1, 0.15) is 0 Å². The third-order valence-corrected chi connectivity index (χ3v) is 4.76. The topological polar surface area (TPSA) is 15.3 Å². The fourth-order valence-corrected chi connectivity index (χ4v) is 3.13. The molecule has 2 heteroatoms. The van der Waals surface area contributed by atoms with Gasteiger partial charge in [-0.2, -0.15) is 0 Å². The zero-order valence-electron chi connectivity index (χ0n) is 12.3. The van der Waals surface area contributed by atoms with E-state index in [1.165, 1.54) is 49.0 Å². The quantitative estimate of drug-likeness (QED) is 0.893. The Kier molecular flexibility index (Phi) is 3.90. The predicted molar refractivity (Wildman–Crippen MR) is 80.4 cm³/mol. The van der Waals surface area contributed by atoms with Gasteiger partial charge in [-0.15, -0.1) is 0 Å². The lowest BCUT2D eigenvalue weighted by Gasteiger charge is -2.35. The Labute approximate surface area is 117 Å². The Morgan fingerprint density at radius 2 is 1.89 bits per heavy atom.